The van der Waals surface area contributed by atoms with E-state index in [0.29, 0.717) is 11.4 Å². The second kappa shape index (κ2) is 10.9. The van der Waals surface area contributed by atoms with Gasteiger partial charge in [-0.15, -0.1) is 0 Å². The maximum Gasteiger partial charge on any atom is 0.389 e. The minimum Gasteiger partial charge on any atom is -0.345 e. The zero-order valence-electron chi connectivity index (χ0n) is 20.1. The number of carbonyl (C=O) groups is 2. The van der Waals surface area contributed by atoms with Crippen LogP contribution in [0.4, 0.5) is 18.9 Å². The first-order valence-electron chi connectivity index (χ1n) is 11.6. The molecular formula is C27H30F3N3O2. The second-order valence-corrected chi connectivity index (χ2v) is 8.71. The Morgan fingerprint density at radius 2 is 1.71 bits per heavy atom. The van der Waals surface area contributed by atoms with Gasteiger partial charge in [0.2, 0.25) is 5.91 Å². The van der Waals surface area contributed by atoms with Gasteiger partial charge in [0.25, 0.3) is 0 Å². The van der Waals surface area contributed by atoms with E-state index in [1.54, 1.807) is 6.92 Å². The van der Waals surface area contributed by atoms with Crippen molar-refractivity contribution in [2.24, 2.45) is 16.8 Å². The molecule has 0 radical (unpaired) electrons. The lowest BCUT2D eigenvalue weighted by Gasteiger charge is -2.28. The van der Waals surface area contributed by atoms with E-state index in [-0.39, 0.29) is 6.42 Å². The van der Waals surface area contributed by atoms with E-state index in [1.807, 2.05) is 66.5 Å². The lowest BCUT2D eigenvalue weighted by Crippen LogP contribution is -2.44. The summed E-state index contributed by atoms with van der Waals surface area (Å²) >= 11 is 0. The molecular weight excluding hydrogens is 455 g/mol. The van der Waals surface area contributed by atoms with Crippen LogP contribution in [0, 0.1) is 11.8 Å². The van der Waals surface area contributed by atoms with Gasteiger partial charge < -0.3 is 10.2 Å². The molecule has 35 heavy (non-hydrogen) atoms. The summed E-state index contributed by atoms with van der Waals surface area (Å²) in [6, 6.07) is 17.2. The van der Waals surface area contributed by atoms with Crippen molar-refractivity contribution in [3.63, 3.8) is 0 Å². The maximum atomic E-state index is 13.3. The molecule has 0 bridgehead atoms. The molecule has 3 rings (SSSR count). The third-order valence-corrected chi connectivity index (χ3v) is 6.37. The average molecular weight is 486 g/mol. The number of ketones is 1. The molecule has 0 saturated heterocycles. The number of halogens is 3. The molecule has 0 saturated carbocycles. The first kappa shape index (κ1) is 26.2. The molecule has 2 aromatic carbocycles. The molecule has 1 aliphatic rings. The van der Waals surface area contributed by atoms with E-state index in [2.05, 4.69) is 11.9 Å². The summed E-state index contributed by atoms with van der Waals surface area (Å²) in [6.07, 6.45) is -6.59. The third kappa shape index (κ3) is 6.18. The minimum absolute atomic E-state index is 0.221. The van der Waals surface area contributed by atoms with Crippen molar-refractivity contribution in [2.45, 2.75) is 45.5 Å². The smallest absolute Gasteiger partial charge is 0.345 e. The largest absolute Gasteiger partial charge is 0.389 e. The number of amides is 1. The van der Waals surface area contributed by atoms with Gasteiger partial charge in [0.15, 0.2) is 6.17 Å². The fourth-order valence-corrected chi connectivity index (χ4v) is 4.42. The summed E-state index contributed by atoms with van der Waals surface area (Å²) in [4.78, 5) is 32.2. The maximum absolute atomic E-state index is 13.3. The van der Waals surface area contributed by atoms with Crippen LogP contribution in [0.25, 0.3) is 0 Å². The van der Waals surface area contributed by atoms with E-state index in [4.69, 9.17) is 4.99 Å². The molecule has 3 atom stereocenters. The van der Waals surface area contributed by atoms with Crippen molar-refractivity contribution in [2.75, 3.05) is 11.9 Å². The summed E-state index contributed by atoms with van der Waals surface area (Å²) in [5.74, 6) is -2.90. The van der Waals surface area contributed by atoms with Gasteiger partial charge in [-0.05, 0) is 25.8 Å². The van der Waals surface area contributed by atoms with Crippen LogP contribution in [0.3, 0.4) is 0 Å². The summed E-state index contributed by atoms with van der Waals surface area (Å²) in [7, 11) is 1.82. The number of hydrogen-bond donors (Lipinski definition) is 1. The fraction of sp³-hybridized carbons (Fsp3) is 0.370. The van der Waals surface area contributed by atoms with Crippen LogP contribution in [-0.2, 0) is 9.59 Å². The predicted molar refractivity (Wildman–Crippen MR) is 131 cm³/mol. The van der Waals surface area contributed by atoms with Crippen molar-refractivity contribution in [3.8, 4) is 0 Å². The van der Waals surface area contributed by atoms with Crippen LogP contribution >= 0.6 is 0 Å². The number of aliphatic imine (C=N–C) groups is 1. The van der Waals surface area contributed by atoms with Crippen molar-refractivity contribution >= 4 is 23.1 Å². The van der Waals surface area contributed by atoms with Crippen molar-refractivity contribution in [1.29, 1.82) is 0 Å². The second-order valence-electron chi connectivity index (χ2n) is 8.71. The van der Waals surface area contributed by atoms with E-state index < -0.39 is 48.7 Å². The van der Waals surface area contributed by atoms with Gasteiger partial charge >= 0.3 is 6.18 Å². The SMILES string of the molecule is C=C1[C@@H](NC(=O)[C@H](CC)[C@H](CCC(F)(F)F)C(C)=O)N=C(c2ccccc2)c2ccccc2N1C. The molecule has 2 aromatic rings. The van der Waals surface area contributed by atoms with Crippen LogP contribution < -0.4 is 10.2 Å². The predicted octanol–water partition coefficient (Wildman–Crippen LogP) is 5.50. The number of nitrogens with one attached hydrogen (secondary N) is 1. The van der Waals surface area contributed by atoms with Crippen LogP contribution in [-0.4, -0.2) is 36.8 Å². The Bertz CT molecular complexity index is 1110. The molecule has 0 unspecified atom stereocenters. The van der Waals surface area contributed by atoms with Crippen LogP contribution in [0.5, 0.6) is 0 Å². The lowest BCUT2D eigenvalue weighted by molar-refractivity contribution is -0.145. The van der Waals surface area contributed by atoms with Crippen LogP contribution in [0.1, 0.15) is 44.2 Å². The van der Waals surface area contributed by atoms with Crippen LogP contribution in [0.15, 0.2) is 71.9 Å². The minimum atomic E-state index is -4.40. The quantitative estimate of drug-likeness (QED) is 0.537. The van der Waals surface area contributed by atoms with Gasteiger partial charge in [0.1, 0.15) is 5.78 Å². The molecule has 8 heteroatoms. The monoisotopic (exact) mass is 485 g/mol. The highest BCUT2D eigenvalue weighted by atomic mass is 19.4. The molecule has 5 nitrogen and oxygen atoms in total. The van der Waals surface area contributed by atoms with Crippen LogP contribution in [0.2, 0.25) is 0 Å². The molecule has 1 N–H and O–H groups in total. The first-order chi connectivity index (χ1) is 16.5. The highest BCUT2D eigenvalue weighted by Crippen LogP contribution is 2.32. The number of benzodiazepines with no additional fused rings is 1. The zero-order valence-corrected chi connectivity index (χ0v) is 20.1. The Morgan fingerprint density at radius 3 is 2.31 bits per heavy atom. The Labute approximate surface area is 203 Å². The molecule has 1 heterocycles. The van der Waals surface area contributed by atoms with Gasteiger partial charge in [-0.2, -0.15) is 13.2 Å². The molecule has 1 aliphatic heterocycles. The van der Waals surface area contributed by atoms with Crippen molar-refractivity contribution in [1.82, 2.24) is 5.32 Å². The molecule has 0 aliphatic carbocycles. The molecule has 0 aromatic heterocycles. The molecule has 186 valence electrons. The number of hydrogen-bond acceptors (Lipinski definition) is 4. The van der Waals surface area contributed by atoms with Gasteiger partial charge in [-0.1, -0.05) is 62.0 Å². The lowest BCUT2D eigenvalue weighted by atomic mass is 9.83. The van der Waals surface area contributed by atoms with Gasteiger partial charge in [-0.25, -0.2) is 0 Å². The highest BCUT2D eigenvalue weighted by Gasteiger charge is 2.36. The number of anilines is 1. The Hall–Kier alpha value is -3.42. The summed E-state index contributed by atoms with van der Waals surface area (Å²) in [5, 5.41) is 2.86. The molecule has 0 spiro atoms. The fourth-order valence-electron chi connectivity index (χ4n) is 4.42. The summed E-state index contributed by atoms with van der Waals surface area (Å²) in [6.45, 7) is 7.06. The number of fused-ring (bicyclic) bond motifs is 1. The topological polar surface area (TPSA) is 61.8 Å². The van der Waals surface area contributed by atoms with Gasteiger partial charge in [-0.3, -0.25) is 14.6 Å². The number of alkyl halides is 3. The number of nitrogens with zero attached hydrogens (tertiary/aromatic N) is 2. The van der Waals surface area contributed by atoms with Crippen molar-refractivity contribution in [3.05, 3.63) is 78.0 Å². The number of benzene rings is 2. The number of rotatable bonds is 8. The van der Waals surface area contributed by atoms with Gasteiger partial charge in [0, 0.05) is 36.4 Å². The summed E-state index contributed by atoms with van der Waals surface area (Å²) < 4.78 is 38.5. The number of likely N-dealkylation sites (N-methyl/N-ethyl adjacent to an activating group) is 1. The number of carbonyl (C=O) groups excluding carboxylic acids is 2. The molecule has 1 amide bonds. The van der Waals surface area contributed by atoms with Gasteiger partial charge in [0.05, 0.1) is 17.1 Å². The zero-order chi connectivity index (χ0) is 25.8. The Kier molecular flexibility index (Phi) is 8.14. The molecule has 0 fully saturated rings. The standard InChI is InChI=1S/C27H30F3N3O2/c1-5-20(21(18(3)34)15-16-27(28,29)30)26(35)32-25-17(2)33(4)23-14-10-9-13-22(23)24(31-25)19-11-7-6-8-12-19/h6-14,20-21,25H,2,5,15-16H2,1,3-4H3,(H,32,35)/t20-,21-,25-/m1/s1. The van der Waals surface area contributed by atoms with Crippen molar-refractivity contribution < 1.29 is 22.8 Å². The van der Waals surface area contributed by atoms with E-state index in [0.717, 1.165) is 16.8 Å². The normalized spacial score (nSPS) is 17.7. The Balaban J connectivity index is 1.96. The highest BCUT2D eigenvalue weighted by molar-refractivity contribution is 6.16. The third-order valence-electron chi connectivity index (χ3n) is 6.37. The number of Topliss-reactive ketones (excluding diaryl/α,β-unsaturated/α-hetero) is 1. The number of para-hydroxylation sites is 1. The van der Waals surface area contributed by atoms with E-state index in [9.17, 15) is 22.8 Å². The first-order valence-corrected chi connectivity index (χ1v) is 11.6. The van der Waals surface area contributed by atoms with E-state index in [1.165, 1.54) is 6.92 Å². The average Bonchev–Trinajstić information content (AvgIpc) is 2.92. The van der Waals surface area contributed by atoms with E-state index >= 15 is 0 Å². The summed E-state index contributed by atoms with van der Waals surface area (Å²) in [5.41, 5.74) is 3.72. The Morgan fingerprint density at radius 1 is 1.09 bits per heavy atom.